The van der Waals surface area contributed by atoms with Gasteiger partial charge in [-0.05, 0) is 44.9 Å². The SMILES string of the molecule is CCOC(=O)N1CCN(C(=O)[C@@H](N)Cc2ccc(P(=O)(OCC)OCC)cc2)CC1. The number of benzene rings is 1. The van der Waals surface area contributed by atoms with E-state index in [0.29, 0.717) is 44.5 Å². The molecule has 1 aliphatic rings. The first-order valence-electron chi connectivity index (χ1n) is 10.3. The van der Waals surface area contributed by atoms with Crippen molar-refractivity contribution >= 4 is 24.9 Å². The van der Waals surface area contributed by atoms with E-state index in [-0.39, 0.29) is 25.2 Å². The van der Waals surface area contributed by atoms with Gasteiger partial charge in [0.05, 0.1) is 31.2 Å². The van der Waals surface area contributed by atoms with E-state index in [1.807, 2.05) is 0 Å². The molecule has 0 radical (unpaired) electrons. The molecule has 1 saturated heterocycles. The summed E-state index contributed by atoms with van der Waals surface area (Å²) in [6, 6.07) is 6.25. The van der Waals surface area contributed by atoms with E-state index in [2.05, 4.69) is 0 Å². The lowest BCUT2D eigenvalue weighted by molar-refractivity contribution is -0.134. The number of ether oxygens (including phenoxy) is 1. The summed E-state index contributed by atoms with van der Waals surface area (Å²) in [6.07, 6.45) is -0.00417. The lowest BCUT2D eigenvalue weighted by Crippen LogP contribution is -2.54. The van der Waals surface area contributed by atoms with Crippen LogP contribution < -0.4 is 11.0 Å². The number of nitrogens with two attached hydrogens (primary N) is 1. The highest BCUT2D eigenvalue weighted by molar-refractivity contribution is 7.62. The second-order valence-corrected chi connectivity index (χ2v) is 8.85. The molecule has 2 amide bonds. The highest BCUT2D eigenvalue weighted by Gasteiger charge is 2.29. The molecule has 0 spiro atoms. The fraction of sp³-hybridized carbons (Fsp3) is 0.600. The number of hydrogen-bond acceptors (Lipinski definition) is 7. The summed E-state index contributed by atoms with van der Waals surface area (Å²) in [5.74, 6) is -0.156. The summed E-state index contributed by atoms with van der Waals surface area (Å²) in [6.45, 7) is 7.87. The molecule has 2 N–H and O–H groups in total. The van der Waals surface area contributed by atoms with Gasteiger partial charge in [-0.3, -0.25) is 9.36 Å². The van der Waals surface area contributed by atoms with Gasteiger partial charge in [-0.25, -0.2) is 4.79 Å². The Morgan fingerprint density at radius 2 is 1.50 bits per heavy atom. The summed E-state index contributed by atoms with van der Waals surface area (Å²) in [7, 11) is -3.33. The molecule has 1 fully saturated rings. The largest absolute Gasteiger partial charge is 0.450 e. The van der Waals surface area contributed by atoms with E-state index < -0.39 is 13.6 Å². The smallest absolute Gasteiger partial charge is 0.409 e. The van der Waals surface area contributed by atoms with Crippen molar-refractivity contribution in [1.82, 2.24) is 9.80 Å². The Kier molecular flexibility index (Phi) is 9.30. The van der Waals surface area contributed by atoms with Gasteiger partial charge in [0.15, 0.2) is 0 Å². The summed E-state index contributed by atoms with van der Waals surface area (Å²) < 4.78 is 28.5. The lowest BCUT2D eigenvalue weighted by Gasteiger charge is -2.35. The van der Waals surface area contributed by atoms with Gasteiger partial charge in [-0.1, -0.05) is 12.1 Å². The van der Waals surface area contributed by atoms with Crippen LogP contribution in [0, 0.1) is 0 Å². The van der Waals surface area contributed by atoms with Crippen molar-refractivity contribution in [3.63, 3.8) is 0 Å². The molecule has 0 bridgehead atoms. The van der Waals surface area contributed by atoms with E-state index in [1.165, 1.54) is 0 Å². The van der Waals surface area contributed by atoms with Crippen molar-refractivity contribution in [3.05, 3.63) is 29.8 Å². The Bertz CT molecular complexity index is 739. The number of carbonyl (C=O) groups is 2. The molecule has 0 unspecified atom stereocenters. The number of piperazine rings is 1. The van der Waals surface area contributed by atoms with Crippen molar-refractivity contribution in [3.8, 4) is 0 Å². The third-order valence-electron chi connectivity index (χ3n) is 4.74. The molecule has 0 aliphatic carbocycles. The van der Waals surface area contributed by atoms with Crippen LogP contribution in [0.1, 0.15) is 26.3 Å². The van der Waals surface area contributed by atoms with Crippen molar-refractivity contribution in [2.24, 2.45) is 5.73 Å². The maximum atomic E-state index is 12.8. The van der Waals surface area contributed by atoms with Gasteiger partial charge in [0.2, 0.25) is 5.91 Å². The zero-order valence-corrected chi connectivity index (χ0v) is 18.8. The maximum absolute atomic E-state index is 12.8. The minimum atomic E-state index is -3.33. The first-order chi connectivity index (χ1) is 14.3. The van der Waals surface area contributed by atoms with Crippen LogP contribution in [0.3, 0.4) is 0 Å². The van der Waals surface area contributed by atoms with Crippen LogP contribution in [0.4, 0.5) is 4.79 Å². The average Bonchev–Trinajstić information content (AvgIpc) is 2.74. The number of nitrogens with zero attached hydrogens (tertiary/aromatic N) is 2. The van der Waals surface area contributed by atoms with Gasteiger partial charge in [0.25, 0.3) is 0 Å². The van der Waals surface area contributed by atoms with Gasteiger partial charge in [-0.2, -0.15) is 0 Å². The van der Waals surface area contributed by atoms with Gasteiger partial charge in [0.1, 0.15) is 0 Å². The molecule has 30 heavy (non-hydrogen) atoms. The predicted octanol–water partition coefficient (Wildman–Crippen LogP) is 1.75. The van der Waals surface area contributed by atoms with Crippen molar-refractivity contribution < 1.29 is 27.9 Å². The predicted molar refractivity (Wildman–Crippen MR) is 114 cm³/mol. The molecule has 0 saturated carbocycles. The van der Waals surface area contributed by atoms with Crippen LogP contribution in [0.15, 0.2) is 24.3 Å². The van der Waals surface area contributed by atoms with Gasteiger partial charge in [-0.15, -0.1) is 0 Å². The Morgan fingerprint density at radius 3 is 2.00 bits per heavy atom. The molecule has 1 heterocycles. The number of amides is 2. The first kappa shape index (κ1) is 24.3. The van der Waals surface area contributed by atoms with Crippen molar-refractivity contribution in [2.45, 2.75) is 33.2 Å². The summed E-state index contributed by atoms with van der Waals surface area (Å²) in [5, 5.41) is 0.477. The van der Waals surface area contributed by atoms with Crippen LogP contribution in [0.5, 0.6) is 0 Å². The first-order valence-corrected chi connectivity index (χ1v) is 11.8. The molecule has 1 aromatic rings. The third-order valence-corrected chi connectivity index (χ3v) is 6.87. The highest BCUT2D eigenvalue weighted by atomic mass is 31.2. The Labute approximate surface area is 178 Å². The van der Waals surface area contributed by atoms with E-state index in [9.17, 15) is 14.2 Å². The molecular weight excluding hydrogens is 409 g/mol. The van der Waals surface area contributed by atoms with E-state index in [0.717, 1.165) is 5.56 Å². The molecule has 9 nitrogen and oxygen atoms in total. The maximum Gasteiger partial charge on any atom is 0.409 e. The fourth-order valence-electron chi connectivity index (χ4n) is 3.24. The molecule has 1 aliphatic heterocycles. The molecule has 1 aromatic carbocycles. The third kappa shape index (κ3) is 6.28. The minimum absolute atomic E-state index is 0.156. The zero-order valence-electron chi connectivity index (χ0n) is 17.9. The number of carbonyl (C=O) groups excluding carboxylic acids is 2. The summed E-state index contributed by atoms with van der Waals surface area (Å²) >= 11 is 0. The van der Waals surface area contributed by atoms with Gasteiger partial charge in [0, 0.05) is 26.2 Å². The highest BCUT2D eigenvalue weighted by Crippen LogP contribution is 2.46. The molecular formula is C20H32N3O6P. The van der Waals surface area contributed by atoms with Crippen molar-refractivity contribution in [2.75, 3.05) is 46.0 Å². The number of hydrogen-bond donors (Lipinski definition) is 1. The van der Waals surface area contributed by atoms with Gasteiger partial charge < -0.3 is 29.3 Å². The van der Waals surface area contributed by atoms with E-state index >= 15 is 0 Å². The van der Waals surface area contributed by atoms with Crippen LogP contribution in [0.2, 0.25) is 0 Å². The summed E-state index contributed by atoms with van der Waals surface area (Å²) in [5.41, 5.74) is 6.99. The molecule has 2 rings (SSSR count). The topological polar surface area (TPSA) is 111 Å². The van der Waals surface area contributed by atoms with Crippen molar-refractivity contribution in [1.29, 1.82) is 0 Å². The van der Waals surface area contributed by atoms with E-state index in [4.69, 9.17) is 19.5 Å². The van der Waals surface area contributed by atoms with Gasteiger partial charge >= 0.3 is 13.7 Å². The Morgan fingerprint density at radius 1 is 0.967 bits per heavy atom. The molecule has 0 aromatic heterocycles. The second-order valence-electron chi connectivity index (χ2n) is 6.82. The summed E-state index contributed by atoms with van der Waals surface area (Å²) in [4.78, 5) is 27.7. The van der Waals surface area contributed by atoms with Crippen LogP contribution in [-0.4, -0.2) is 73.8 Å². The lowest BCUT2D eigenvalue weighted by atomic mass is 10.1. The number of rotatable bonds is 9. The molecule has 10 heteroatoms. The average molecular weight is 441 g/mol. The Hall–Kier alpha value is -1.93. The zero-order chi connectivity index (χ0) is 22.1. The quantitative estimate of drug-likeness (QED) is 0.581. The molecule has 1 atom stereocenters. The monoisotopic (exact) mass is 441 g/mol. The minimum Gasteiger partial charge on any atom is -0.450 e. The van der Waals surface area contributed by atoms with Crippen LogP contribution in [-0.2, 0) is 29.6 Å². The normalized spacial score (nSPS) is 15.7. The second kappa shape index (κ2) is 11.5. The molecule has 168 valence electrons. The van der Waals surface area contributed by atoms with Crippen LogP contribution in [0.25, 0.3) is 0 Å². The standard InChI is InChI=1S/C20H32N3O6P/c1-4-27-20(25)23-13-11-22(12-14-23)19(24)18(21)15-16-7-9-17(10-8-16)30(26,28-5-2)29-6-3/h7-10,18H,4-6,11-15,21H2,1-3H3/t18-/m0/s1. The Balaban J connectivity index is 1.93. The fourth-order valence-corrected chi connectivity index (χ4v) is 4.81. The van der Waals surface area contributed by atoms with Crippen LogP contribution >= 0.6 is 7.60 Å². The van der Waals surface area contributed by atoms with E-state index in [1.54, 1.807) is 54.8 Å².